The Morgan fingerprint density at radius 2 is 1.80 bits per heavy atom. The maximum Gasteiger partial charge on any atom is 0.243 e. The monoisotopic (exact) mass is 656 g/mol. The Hall–Kier alpha value is -2.58. The van der Waals surface area contributed by atoms with E-state index in [4.69, 9.17) is 6.42 Å². The van der Waals surface area contributed by atoms with E-state index in [9.17, 15) is 24.6 Å². The molecule has 1 unspecified atom stereocenters. The number of carbonyl (C=O) groups excluding carboxylic acids is 3. The number of hydrogen-bond donors (Lipinski definition) is 4. The van der Waals surface area contributed by atoms with Crippen LogP contribution in [0.1, 0.15) is 77.2 Å². The van der Waals surface area contributed by atoms with Crippen LogP contribution in [0, 0.1) is 30.1 Å². The minimum absolute atomic E-state index is 0.000778. The lowest BCUT2D eigenvalue weighted by Gasteiger charge is -2.33. The third kappa shape index (κ3) is 12.9. The lowest BCUT2D eigenvalue weighted by atomic mass is 9.82. The summed E-state index contributed by atoms with van der Waals surface area (Å²) in [5.74, 6) is 3.34. The molecule has 3 rings (SSSR count). The van der Waals surface area contributed by atoms with E-state index in [0.717, 1.165) is 56.0 Å². The number of carbonyl (C=O) groups is 3. The molecule has 0 bridgehead atoms. The molecule has 1 aliphatic heterocycles. The van der Waals surface area contributed by atoms with Crippen molar-refractivity contribution < 1.29 is 24.6 Å². The van der Waals surface area contributed by atoms with E-state index in [1.807, 2.05) is 55.9 Å². The summed E-state index contributed by atoms with van der Waals surface area (Å²) < 4.78 is 0. The Bertz CT molecular complexity index is 1120. The van der Waals surface area contributed by atoms with Crippen molar-refractivity contribution in [3.63, 3.8) is 0 Å². The van der Waals surface area contributed by atoms with Crippen LogP contribution in [0.4, 0.5) is 0 Å². The number of nitrogens with zero attached hydrogens (tertiary/aromatic N) is 2. The second-order valence-corrected chi connectivity index (χ2v) is 14.6. The molecule has 4 N–H and O–H groups in total. The molecule has 1 aliphatic carbocycles. The van der Waals surface area contributed by atoms with Crippen LogP contribution in [-0.2, 0) is 20.8 Å². The van der Waals surface area contributed by atoms with Crippen LogP contribution in [0.25, 0.3) is 0 Å². The minimum Gasteiger partial charge on any atom is -0.390 e. The molecule has 5 atom stereocenters. The number of nitrogens with one attached hydrogen (secondary N) is 2. The number of terminal acetylenes is 1. The van der Waals surface area contributed by atoms with E-state index in [2.05, 4.69) is 21.5 Å². The zero-order valence-corrected chi connectivity index (χ0v) is 28.9. The van der Waals surface area contributed by atoms with Crippen molar-refractivity contribution in [1.82, 2.24) is 20.4 Å². The van der Waals surface area contributed by atoms with Gasteiger partial charge in [0.05, 0.1) is 18.1 Å². The quantitative estimate of drug-likeness (QED) is 0.179. The van der Waals surface area contributed by atoms with Gasteiger partial charge in [0.15, 0.2) is 0 Å². The minimum atomic E-state index is -1.14. The molecule has 1 aromatic rings. The average molecular weight is 657 g/mol. The molecule has 46 heavy (non-hydrogen) atoms. The third-order valence-corrected chi connectivity index (χ3v) is 10.3. The molecule has 0 radical (unpaired) electrons. The molecule has 1 heterocycles. The Balaban J connectivity index is 1.72. The molecule has 9 nitrogen and oxygen atoms in total. The highest BCUT2D eigenvalue weighted by atomic mass is 32.2. The van der Waals surface area contributed by atoms with E-state index in [0.29, 0.717) is 31.7 Å². The maximum absolute atomic E-state index is 13.8. The van der Waals surface area contributed by atoms with Gasteiger partial charge in [-0.15, -0.1) is 24.1 Å². The van der Waals surface area contributed by atoms with Crippen molar-refractivity contribution >= 4 is 29.5 Å². The highest BCUT2D eigenvalue weighted by molar-refractivity contribution is 7.99. The summed E-state index contributed by atoms with van der Waals surface area (Å²) in [4.78, 5) is 44.8. The fourth-order valence-corrected chi connectivity index (χ4v) is 7.46. The average Bonchev–Trinajstić information content (AvgIpc) is 3.57. The van der Waals surface area contributed by atoms with Crippen molar-refractivity contribution in [2.45, 2.75) is 102 Å². The van der Waals surface area contributed by atoms with Gasteiger partial charge in [0.2, 0.25) is 17.7 Å². The summed E-state index contributed by atoms with van der Waals surface area (Å²) in [6.45, 7) is 6.33. The summed E-state index contributed by atoms with van der Waals surface area (Å²) in [7, 11) is 1.77. The number of aliphatic hydroxyl groups is 2. The van der Waals surface area contributed by atoms with Gasteiger partial charge in [-0.05, 0) is 36.7 Å². The summed E-state index contributed by atoms with van der Waals surface area (Å²) in [6.07, 6.45) is 10.2. The normalized spacial score (nSPS) is 19.1. The topological polar surface area (TPSA) is 122 Å². The molecule has 3 amide bonds. The lowest BCUT2D eigenvalue weighted by Crippen LogP contribution is -2.56. The predicted octanol–water partition coefficient (Wildman–Crippen LogP) is 3.43. The first-order valence-electron chi connectivity index (χ1n) is 17.1. The number of aliphatic hydroxyl groups excluding tert-OH is 2. The SMILES string of the molecule is C#CC[C@H](NC(=O)[C@@H](CC(=O)N(C)CCN1CCSC1)Cc1ccccc1)C(=O)N[C@@H](CC1CCCCC1)C(O)[C@@H](O)CC(C)C. The maximum atomic E-state index is 13.8. The zero-order valence-electron chi connectivity index (χ0n) is 28.0. The van der Waals surface area contributed by atoms with Gasteiger partial charge in [-0.1, -0.05) is 76.3 Å². The Labute approximate surface area is 280 Å². The molecular weight excluding hydrogens is 600 g/mol. The molecule has 10 heteroatoms. The first-order chi connectivity index (χ1) is 22.1. The standard InChI is InChI=1S/C36H56N4O5S/c1-5-12-30(36(45)38-31(23-28-15-10-7-11-16-28)34(43)32(41)21-26(2)3)37-35(44)29(22-27-13-8-6-9-14-27)24-33(42)39(4)17-18-40-19-20-46-25-40/h1,6,8-9,13-14,26,28-32,34,41,43H,7,10-12,15-25H2,2-4H3,(H,37,44)(H,38,45)/t29-,30+,31+,32+,34?/m1/s1. The largest absolute Gasteiger partial charge is 0.390 e. The van der Waals surface area contributed by atoms with Crippen LogP contribution in [0.2, 0.25) is 0 Å². The van der Waals surface area contributed by atoms with Crippen molar-refractivity contribution in [2.24, 2.45) is 17.8 Å². The number of benzene rings is 1. The Morgan fingerprint density at radius 3 is 2.43 bits per heavy atom. The Kier molecular flexibility index (Phi) is 16.4. The van der Waals surface area contributed by atoms with Crippen LogP contribution >= 0.6 is 11.8 Å². The van der Waals surface area contributed by atoms with Gasteiger partial charge in [-0.25, -0.2) is 0 Å². The number of amides is 3. The second-order valence-electron chi connectivity index (χ2n) is 13.6. The van der Waals surface area contributed by atoms with E-state index in [1.54, 1.807) is 11.9 Å². The molecule has 1 saturated carbocycles. The predicted molar refractivity (Wildman–Crippen MR) is 185 cm³/mol. The molecule has 0 aromatic heterocycles. The van der Waals surface area contributed by atoms with Gasteiger partial charge in [0.25, 0.3) is 0 Å². The summed E-state index contributed by atoms with van der Waals surface area (Å²) in [5, 5.41) is 27.8. The van der Waals surface area contributed by atoms with E-state index in [-0.39, 0.29) is 24.7 Å². The van der Waals surface area contributed by atoms with Crippen molar-refractivity contribution in [3.8, 4) is 12.3 Å². The van der Waals surface area contributed by atoms with Crippen molar-refractivity contribution in [1.29, 1.82) is 0 Å². The van der Waals surface area contributed by atoms with Gasteiger partial charge in [0, 0.05) is 51.2 Å². The second kappa shape index (κ2) is 19.9. The van der Waals surface area contributed by atoms with Crippen LogP contribution in [-0.4, -0.2) is 100 Å². The first kappa shape index (κ1) is 37.9. The van der Waals surface area contributed by atoms with Crippen LogP contribution < -0.4 is 10.6 Å². The number of thioether (sulfide) groups is 1. The number of likely N-dealkylation sites (N-methyl/N-ethyl adjacent to an activating group) is 1. The van der Waals surface area contributed by atoms with Gasteiger partial charge < -0.3 is 25.7 Å². The van der Waals surface area contributed by atoms with Gasteiger partial charge in [0.1, 0.15) is 12.1 Å². The number of rotatable bonds is 18. The van der Waals surface area contributed by atoms with Gasteiger partial charge in [-0.2, -0.15) is 0 Å². The van der Waals surface area contributed by atoms with E-state index < -0.39 is 42.0 Å². The molecule has 0 spiro atoms. The van der Waals surface area contributed by atoms with Gasteiger partial charge in [-0.3, -0.25) is 19.3 Å². The zero-order chi connectivity index (χ0) is 33.5. The van der Waals surface area contributed by atoms with E-state index >= 15 is 0 Å². The van der Waals surface area contributed by atoms with E-state index in [1.165, 1.54) is 6.42 Å². The fourth-order valence-electron chi connectivity index (χ4n) is 6.42. The first-order valence-corrected chi connectivity index (χ1v) is 18.2. The molecule has 1 aromatic carbocycles. The van der Waals surface area contributed by atoms with Crippen LogP contribution in [0.3, 0.4) is 0 Å². The molecular formula is C36H56N4O5S. The highest BCUT2D eigenvalue weighted by Crippen LogP contribution is 2.29. The molecule has 2 aliphatic rings. The van der Waals surface area contributed by atoms with Crippen molar-refractivity contribution in [2.75, 3.05) is 38.3 Å². The van der Waals surface area contributed by atoms with Gasteiger partial charge >= 0.3 is 0 Å². The fraction of sp³-hybridized carbons (Fsp3) is 0.694. The molecule has 256 valence electrons. The van der Waals surface area contributed by atoms with Crippen molar-refractivity contribution in [3.05, 3.63) is 35.9 Å². The Morgan fingerprint density at radius 1 is 1.09 bits per heavy atom. The summed E-state index contributed by atoms with van der Waals surface area (Å²) >= 11 is 1.88. The summed E-state index contributed by atoms with van der Waals surface area (Å²) in [5.41, 5.74) is 0.917. The number of hydrogen-bond acceptors (Lipinski definition) is 7. The smallest absolute Gasteiger partial charge is 0.243 e. The third-order valence-electron chi connectivity index (χ3n) is 9.23. The summed E-state index contributed by atoms with van der Waals surface area (Å²) in [6, 6.07) is 7.82. The molecule has 2 fully saturated rings. The highest BCUT2D eigenvalue weighted by Gasteiger charge is 2.34. The molecule has 1 saturated heterocycles. The lowest BCUT2D eigenvalue weighted by molar-refractivity contribution is -0.137. The van der Waals surface area contributed by atoms with Crippen LogP contribution in [0.15, 0.2) is 30.3 Å². The van der Waals surface area contributed by atoms with Crippen LogP contribution in [0.5, 0.6) is 0 Å².